The highest BCUT2D eigenvalue weighted by Crippen LogP contribution is 2.31. The zero-order valence-corrected chi connectivity index (χ0v) is 15.0. The van der Waals surface area contributed by atoms with Gasteiger partial charge in [0.25, 0.3) is 0 Å². The van der Waals surface area contributed by atoms with Crippen molar-refractivity contribution in [3.63, 3.8) is 0 Å². The first-order valence-corrected chi connectivity index (χ1v) is 7.68. The minimum Gasteiger partial charge on any atom is -0.494 e. The third-order valence-corrected chi connectivity index (χ3v) is 3.38. The Kier molecular flexibility index (Phi) is 6.86. The molecule has 0 unspecified atom stereocenters. The molecule has 0 aliphatic carbocycles. The van der Waals surface area contributed by atoms with Crippen LogP contribution in [-0.4, -0.2) is 37.4 Å². The van der Waals surface area contributed by atoms with Gasteiger partial charge in [0.05, 0.1) is 37.9 Å². The van der Waals surface area contributed by atoms with E-state index in [0.717, 1.165) is 6.07 Å². The Morgan fingerprint density at radius 1 is 1.19 bits per heavy atom. The molecule has 144 valence electrons. The molecule has 3 N–H and O–H groups in total. The van der Waals surface area contributed by atoms with Crippen LogP contribution in [0.1, 0.15) is 5.56 Å². The van der Waals surface area contributed by atoms with Crippen LogP contribution < -0.4 is 25.3 Å². The minimum atomic E-state index is -0.869. The summed E-state index contributed by atoms with van der Waals surface area (Å²) in [6, 6.07) is 1.12. The van der Waals surface area contributed by atoms with Gasteiger partial charge >= 0.3 is 0 Å². The summed E-state index contributed by atoms with van der Waals surface area (Å²) in [5.41, 5.74) is 5.60. The highest BCUT2D eigenvalue weighted by Gasteiger charge is 2.20. The van der Waals surface area contributed by atoms with Gasteiger partial charge < -0.3 is 25.3 Å². The number of benzene rings is 1. The molecule has 8 nitrogen and oxygen atoms in total. The van der Waals surface area contributed by atoms with Crippen LogP contribution in [0.4, 0.5) is 14.7 Å². The second-order valence-electron chi connectivity index (χ2n) is 5.05. The number of nitrogens with two attached hydrogens (primary N) is 1. The second kappa shape index (κ2) is 9.32. The molecule has 0 fully saturated rings. The lowest BCUT2D eigenvalue weighted by molar-refractivity contribution is 0.280. The highest BCUT2D eigenvalue weighted by atomic mass is 19.1. The molecule has 0 amide bonds. The summed E-state index contributed by atoms with van der Waals surface area (Å²) >= 11 is 0. The van der Waals surface area contributed by atoms with Crippen molar-refractivity contribution in [1.29, 1.82) is 0 Å². The Morgan fingerprint density at radius 2 is 1.78 bits per heavy atom. The van der Waals surface area contributed by atoms with Gasteiger partial charge in [0, 0.05) is 25.5 Å². The lowest BCUT2D eigenvalue weighted by Gasteiger charge is -2.13. The van der Waals surface area contributed by atoms with Crippen LogP contribution >= 0.6 is 0 Å². The van der Waals surface area contributed by atoms with E-state index < -0.39 is 18.2 Å². The predicted octanol–water partition coefficient (Wildman–Crippen LogP) is 2.26. The van der Waals surface area contributed by atoms with Gasteiger partial charge in [-0.05, 0) is 0 Å². The lowest BCUT2D eigenvalue weighted by atomic mass is 10.1. The van der Waals surface area contributed by atoms with E-state index in [9.17, 15) is 8.78 Å². The molecule has 0 saturated heterocycles. The van der Waals surface area contributed by atoms with Gasteiger partial charge in [-0.2, -0.15) is 0 Å². The zero-order chi connectivity index (χ0) is 19.8. The number of nitrogens with zero attached hydrogens (tertiary/aromatic N) is 3. The fourth-order valence-corrected chi connectivity index (χ4v) is 2.06. The number of aliphatic imine (C=N–C) groups is 1. The van der Waals surface area contributed by atoms with Crippen molar-refractivity contribution in [3.05, 3.63) is 47.6 Å². The van der Waals surface area contributed by atoms with Gasteiger partial charge in [-0.3, -0.25) is 4.99 Å². The average Bonchev–Trinajstić information content (AvgIpc) is 2.69. The fourth-order valence-electron chi connectivity index (χ4n) is 2.06. The first-order chi connectivity index (χ1) is 13.0. The van der Waals surface area contributed by atoms with Crippen LogP contribution in [0.3, 0.4) is 0 Å². The van der Waals surface area contributed by atoms with Crippen molar-refractivity contribution in [2.45, 2.75) is 6.61 Å². The molecular weight excluding hydrogens is 360 g/mol. The number of aromatic nitrogens is 2. The number of rotatable bonds is 8. The molecule has 1 heterocycles. The molecule has 0 aliphatic heterocycles. The summed E-state index contributed by atoms with van der Waals surface area (Å²) in [6.07, 6.45) is 5.50. The van der Waals surface area contributed by atoms with E-state index in [0.29, 0.717) is 5.70 Å². The summed E-state index contributed by atoms with van der Waals surface area (Å²) in [5.74, 6) is -1.58. The second-order valence-corrected chi connectivity index (χ2v) is 5.05. The van der Waals surface area contributed by atoms with Crippen LogP contribution in [0.5, 0.6) is 17.2 Å². The maximum absolute atomic E-state index is 14.3. The lowest BCUT2D eigenvalue weighted by Crippen LogP contribution is -2.08. The summed E-state index contributed by atoms with van der Waals surface area (Å²) in [4.78, 5) is 11.9. The Hall–Kier alpha value is -3.43. The Labute approximate surface area is 154 Å². The molecule has 10 heteroatoms. The molecule has 0 bridgehead atoms. The quantitative estimate of drug-likeness (QED) is 0.678. The van der Waals surface area contributed by atoms with Crippen LogP contribution in [0.15, 0.2) is 35.3 Å². The van der Waals surface area contributed by atoms with Gasteiger partial charge in [0.15, 0.2) is 28.9 Å². The van der Waals surface area contributed by atoms with Crippen LogP contribution in [0.25, 0.3) is 0 Å². The number of methoxy groups -OCH3 is 2. The Balaban J connectivity index is 2.13. The Bertz CT molecular complexity index is 813. The smallest absolute Gasteiger partial charge is 0.227 e. The van der Waals surface area contributed by atoms with Crippen molar-refractivity contribution in [2.75, 3.05) is 26.6 Å². The van der Waals surface area contributed by atoms with E-state index >= 15 is 0 Å². The van der Waals surface area contributed by atoms with Gasteiger partial charge in [-0.1, -0.05) is 0 Å². The van der Waals surface area contributed by atoms with Crippen molar-refractivity contribution in [2.24, 2.45) is 10.7 Å². The third kappa shape index (κ3) is 4.81. The SMILES string of the molecule is CN=C/C(=C\N)Nc1ncc(OCc2c(F)c(OC)cc(OC)c2F)cn1. The molecule has 27 heavy (non-hydrogen) atoms. The molecule has 0 aliphatic rings. The van der Waals surface area contributed by atoms with E-state index in [-0.39, 0.29) is 28.8 Å². The van der Waals surface area contributed by atoms with Gasteiger partial charge in [0.2, 0.25) is 5.95 Å². The molecule has 0 spiro atoms. The summed E-state index contributed by atoms with van der Waals surface area (Å²) in [7, 11) is 4.13. The Morgan fingerprint density at radius 3 is 2.26 bits per heavy atom. The molecule has 2 aromatic rings. The first kappa shape index (κ1) is 19.9. The molecule has 1 aromatic heterocycles. The molecule has 0 atom stereocenters. The summed E-state index contributed by atoms with van der Waals surface area (Å²) in [6.45, 7) is -0.405. The minimum absolute atomic E-state index is 0.152. The van der Waals surface area contributed by atoms with E-state index in [1.807, 2.05) is 0 Å². The van der Waals surface area contributed by atoms with Gasteiger partial charge in [-0.15, -0.1) is 0 Å². The van der Waals surface area contributed by atoms with Crippen molar-refractivity contribution >= 4 is 12.2 Å². The largest absolute Gasteiger partial charge is 0.494 e. The predicted molar refractivity (Wildman–Crippen MR) is 96.1 cm³/mol. The van der Waals surface area contributed by atoms with Gasteiger partial charge in [-0.25, -0.2) is 18.7 Å². The van der Waals surface area contributed by atoms with Crippen molar-refractivity contribution < 1.29 is 23.0 Å². The third-order valence-electron chi connectivity index (χ3n) is 3.38. The summed E-state index contributed by atoms with van der Waals surface area (Å²) < 4.78 is 43.7. The average molecular weight is 379 g/mol. The number of ether oxygens (including phenoxy) is 3. The van der Waals surface area contributed by atoms with E-state index in [2.05, 4.69) is 20.3 Å². The zero-order valence-electron chi connectivity index (χ0n) is 15.0. The topological polar surface area (TPSA) is 104 Å². The number of anilines is 1. The molecule has 1 aromatic carbocycles. The monoisotopic (exact) mass is 379 g/mol. The number of allylic oxidation sites excluding steroid dienone is 1. The maximum Gasteiger partial charge on any atom is 0.227 e. The van der Waals surface area contributed by atoms with Crippen LogP contribution in [-0.2, 0) is 6.61 Å². The number of hydrogen-bond donors (Lipinski definition) is 2. The first-order valence-electron chi connectivity index (χ1n) is 7.68. The highest BCUT2D eigenvalue weighted by molar-refractivity contribution is 5.81. The maximum atomic E-state index is 14.3. The van der Waals surface area contributed by atoms with Crippen LogP contribution in [0.2, 0.25) is 0 Å². The summed E-state index contributed by atoms with van der Waals surface area (Å²) in [5, 5.41) is 2.83. The van der Waals surface area contributed by atoms with E-state index in [4.69, 9.17) is 19.9 Å². The van der Waals surface area contributed by atoms with Crippen molar-refractivity contribution in [1.82, 2.24) is 9.97 Å². The van der Waals surface area contributed by atoms with Gasteiger partial charge in [0.1, 0.15) is 6.61 Å². The van der Waals surface area contributed by atoms with Crippen molar-refractivity contribution in [3.8, 4) is 17.2 Å². The number of hydrogen-bond acceptors (Lipinski definition) is 8. The molecule has 0 saturated carbocycles. The van der Waals surface area contributed by atoms with E-state index in [1.54, 1.807) is 7.05 Å². The molecular formula is C17H19F2N5O3. The van der Waals surface area contributed by atoms with E-state index in [1.165, 1.54) is 39.0 Å². The number of nitrogens with one attached hydrogen (secondary N) is 1. The number of halogens is 2. The normalized spacial score (nSPS) is 11.5. The fraction of sp³-hybridized carbons (Fsp3) is 0.235. The molecule has 2 rings (SSSR count). The standard InChI is InChI=1S/C17H19F2N5O3/c1-21-6-10(5-20)24-17-22-7-11(8-23-17)27-9-12-15(18)13(25-2)4-14(26-3)16(12)19/h4-8H,9,20H2,1-3H3,(H,22,23,24)/b10-5+,21-6?. The molecule has 0 radical (unpaired) electrons. The van der Waals surface area contributed by atoms with Crippen LogP contribution in [0, 0.1) is 11.6 Å².